The lowest BCUT2D eigenvalue weighted by molar-refractivity contribution is 0.0838. The Hall–Kier alpha value is -1.43. The van der Waals surface area contributed by atoms with Gasteiger partial charge in [0.1, 0.15) is 0 Å². The third-order valence-electron chi connectivity index (χ3n) is 3.71. The minimum absolute atomic E-state index is 0.00539. The molecule has 1 aliphatic rings. The summed E-state index contributed by atoms with van der Waals surface area (Å²) in [6.45, 7) is 3.31. The van der Waals surface area contributed by atoms with Gasteiger partial charge in [0.25, 0.3) is 5.91 Å². The Kier molecular flexibility index (Phi) is 6.66. The van der Waals surface area contributed by atoms with E-state index < -0.39 is 0 Å². The van der Waals surface area contributed by atoms with E-state index in [1.54, 1.807) is 0 Å². The zero-order chi connectivity index (χ0) is 14.9. The summed E-state index contributed by atoms with van der Waals surface area (Å²) in [6.07, 6.45) is 2.42. The SMILES string of the molecule is O=C(NCCOCCO)c1ccc([C@@H]2CCCNC2)cc1. The molecule has 1 heterocycles. The highest BCUT2D eigenvalue weighted by atomic mass is 16.5. The van der Waals surface area contributed by atoms with E-state index in [0.29, 0.717) is 31.2 Å². The van der Waals surface area contributed by atoms with Gasteiger partial charge in [0.05, 0.1) is 19.8 Å². The number of carbonyl (C=O) groups is 1. The first kappa shape index (κ1) is 15.9. The van der Waals surface area contributed by atoms with Gasteiger partial charge in [-0.05, 0) is 43.0 Å². The Morgan fingerprint density at radius 2 is 2.14 bits per heavy atom. The fourth-order valence-corrected chi connectivity index (χ4v) is 2.55. The average molecular weight is 292 g/mol. The first-order chi connectivity index (χ1) is 10.3. The molecule has 1 aromatic rings. The molecule has 1 amide bonds. The third-order valence-corrected chi connectivity index (χ3v) is 3.71. The third kappa shape index (κ3) is 5.12. The van der Waals surface area contributed by atoms with Crippen LogP contribution < -0.4 is 10.6 Å². The van der Waals surface area contributed by atoms with E-state index in [-0.39, 0.29) is 12.5 Å². The summed E-state index contributed by atoms with van der Waals surface area (Å²) in [4.78, 5) is 11.9. The molecule has 1 aromatic carbocycles. The lowest BCUT2D eigenvalue weighted by atomic mass is 9.91. The second-order valence-electron chi connectivity index (χ2n) is 5.26. The maximum atomic E-state index is 11.9. The summed E-state index contributed by atoms with van der Waals surface area (Å²) in [5.74, 6) is 0.471. The van der Waals surface area contributed by atoms with Crippen LogP contribution in [0.1, 0.15) is 34.7 Å². The molecule has 1 aliphatic heterocycles. The van der Waals surface area contributed by atoms with Crippen molar-refractivity contribution in [2.45, 2.75) is 18.8 Å². The van der Waals surface area contributed by atoms with Crippen LogP contribution in [-0.4, -0.2) is 50.5 Å². The second-order valence-corrected chi connectivity index (χ2v) is 5.26. The van der Waals surface area contributed by atoms with Crippen LogP contribution in [0.4, 0.5) is 0 Å². The minimum Gasteiger partial charge on any atom is -0.394 e. The number of aliphatic hydroxyl groups is 1. The Balaban J connectivity index is 1.79. The number of nitrogens with one attached hydrogen (secondary N) is 2. The second kappa shape index (κ2) is 8.77. The predicted molar refractivity (Wildman–Crippen MR) is 81.5 cm³/mol. The molecular formula is C16H24N2O3. The van der Waals surface area contributed by atoms with Crippen LogP contribution in [0.15, 0.2) is 24.3 Å². The summed E-state index contributed by atoms with van der Waals surface area (Å²) in [7, 11) is 0. The molecule has 1 atom stereocenters. The van der Waals surface area contributed by atoms with Gasteiger partial charge in [-0.1, -0.05) is 12.1 Å². The average Bonchev–Trinajstić information content (AvgIpc) is 2.55. The molecule has 0 aliphatic carbocycles. The number of ether oxygens (including phenoxy) is 1. The molecule has 5 heteroatoms. The number of amides is 1. The topological polar surface area (TPSA) is 70.6 Å². The van der Waals surface area contributed by atoms with Crippen LogP contribution in [0.5, 0.6) is 0 Å². The Morgan fingerprint density at radius 1 is 1.33 bits per heavy atom. The summed E-state index contributed by atoms with van der Waals surface area (Å²) in [5, 5.41) is 14.8. The molecule has 0 bridgehead atoms. The van der Waals surface area contributed by atoms with Gasteiger partial charge in [0.2, 0.25) is 0 Å². The van der Waals surface area contributed by atoms with Gasteiger partial charge in [0, 0.05) is 18.7 Å². The Bertz CT molecular complexity index is 428. The van der Waals surface area contributed by atoms with Crippen molar-refractivity contribution in [2.75, 3.05) is 39.5 Å². The molecule has 2 rings (SSSR count). The Morgan fingerprint density at radius 3 is 2.81 bits per heavy atom. The smallest absolute Gasteiger partial charge is 0.251 e. The summed E-state index contributed by atoms with van der Waals surface area (Å²) < 4.78 is 5.10. The zero-order valence-electron chi connectivity index (χ0n) is 12.3. The van der Waals surface area contributed by atoms with Gasteiger partial charge in [0.15, 0.2) is 0 Å². The number of carbonyl (C=O) groups excluding carboxylic acids is 1. The predicted octanol–water partition coefficient (Wildman–Crippen LogP) is 0.892. The fraction of sp³-hybridized carbons (Fsp3) is 0.562. The van der Waals surface area contributed by atoms with E-state index in [9.17, 15) is 4.79 Å². The van der Waals surface area contributed by atoms with Gasteiger partial charge < -0.3 is 20.5 Å². The van der Waals surface area contributed by atoms with Crippen molar-refractivity contribution >= 4 is 5.91 Å². The van der Waals surface area contributed by atoms with Crippen LogP contribution in [0, 0.1) is 0 Å². The number of hydrogen-bond acceptors (Lipinski definition) is 4. The van der Waals surface area contributed by atoms with Crippen LogP contribution >= 0.6 is 0 Å². The summed E-state index contributed by atoms with van der Waals surface area (Å²) in [5.41, 5.74) is 1.97. The molecule has 0 radical (unpaired) electrons. The maximum Gasteiger partial charge on any atom is 0.251 e. The normalized spacial score (nSPS) is 18.4. The van der Waals surface area contributed by atoms with Crippen molar-refractivity contribution in [3.8, 4) is 0 Å². The van der Waals surface area contributed by atoms with Gasteiger partial charge in [-0.2, -0.15) is 0 Å². The van der Waals surface area contributed by atoms with Crippen LogP contribution in [-0.2, 0) is 4.74 Å². The first-order valence-corrected chi connectivity index (χ1v) is 7.58. The molecular weight excluding hydrogens is 268 g/mol. The van der Waals surface area contributed by atoms with E-state index >= 15 is 0 Å². The monoisotopic (exact) mass is 292 g/mol. The molecule has 0 spiro atoms. The van der Waals surface area contributed by atoms with E-state index in [1.807, 2.05) is 12.1 Å². The van der Waals surface area contributed by atoms with E-state index in [1.165, 1.54) is 18.4 Å². The Labute approximate surface area is 125 Å². The number of piperidine rings is 1. The molecule has 21 heavy (non-hydrogen) atoms. The highest BCUT2D eigenvalue weighted by molar-refractivity contribution is 5.94. The quantitative estimate of drug-likeness (QED) is 0.653. The highest BCUT2D eigenvalue weighted by Gasteiger charge is 2.15. The van der Waals surface area contributed by atoms with Crippen molar-refractivity contribution in [3.05, 3.63) is 35.4 Å². The van der Waals surface area contributed by atoms with E-state index in [0.717, 1.165) is 13.1 Å². The van der Waals surface area contributed by atoms with Crippen molar-refractivity contribution in [1.29, 1.82) is 0 Å². The van der Waals surface area contributed by atoms with Gasteiger partial charge in [-0.3, -0.25) is 4.79 Å². The summed E-state index contributed by atoms with van der Waals surface area (Å²) >= 11 is 0. The number of benzene rings is 1. The van der Waals surface area contributed by atoms with Gasteiger partial charge >= 0.3 is 0 Å². The molecule has 116 valence electrons. The van der Waals surface area contributed by atoms with E-state index in [2.05, 4.69) is 22.8 Å². The molecule has 1 saturated heterocycles. The largest absolute Gasteiger partial charge is 0.394 e. The number of aliphatic hydroxyl groups excluding tert-OH is 1. The van der Waals surface area contributed by atoms with Crippen molar-refractivity contribution < 1.29 is 14.6 Å². The lowest BCUT2D eigenvalue weighted by Crippen LogP contribution is -2.29. The summed E-state index contributed by atoms with van der Waals surface area (Å²) in [6, 6.07) is 7.87. The van der Waals surface area contributed by atoms with Gasteiger partial charge in [-0.25, -0.2) is 0 Å². The molecule has 5 nitrogen and oxygen atoms in total. The molecule has 3 N–H and O–H groups in total. The molecule has 0 saturated carbocycles. The van der Waals surface area contributed by atoms with Crippen LogP contribution in [0.25, 0.3) is 0 Å². The van der Waals surface area contributed by atoms with Gasteiger partial charge in [-0.15, -0.1) is 0 Å². The standard InChI is InChI=1S/C16H24N2O3/c19-9-11-21-10-8-18-16(20)14-5-3-13(4-6-14)15-2-1-7-17-12-15/h3-6,15,17,19H,1-2,7-12H2,(H,18,20)/t15-/m1/s1. The minimum atomic E-state index is -0.0871. The zero-order valence-corrected chi connectivity index (χ0v) is 12.3. The first-order valence-electron chi connectivity index (χ1n) is 7.58. The van der Waals surface area contributed by atoms with Crippen molar-refractivity contribution in [2.24, 2.45) is 0 Å². The number of rotatable bonds is 7. The van der Waals surface area contributed by atoms with Crippen LogP contribution in [0.2, 0.25) is 0 Å². The highest BCUT2D eigenvalue weighted by Crippen LogP contribution is 2.23. The fourth-order valence-electron chi connectivity index (χ4n) is 2.55. The van der Waals surface area contributed by atoms with Crippen molar-refractivity contribution in [1.82, 2.24) is 10.6 Å². The molecule has 0 aromatic heterocycles. The molecule has 1 fully saturated rings. The molecule has 0 unspecified atom stereocenters. The lowest BCUT2D eigenvalue weighted by Gasteiger charge is -2.23. The van der Waals surface area contributed by atoms with E-state index in [4.69, 9.17) is 9.84 Å². The van der Waals surface area contributed by atoms with Crippen LogP contribution in [0.3, 0.4) is 0 Å². The van der Waals surface area contributed by atoms with Crippen molar-refractivity contribution in [3.63, 3.8) is 0 Å². The maximum absolute atomic E-state index is 11.9. The number of hydrogen-bond donors (Lipinski definition) is 3.